The zero-order chi connectivity index (χ0) is 11.1. The average molecular weight is 209 g/mol. The molecule has 0 saturated heterocycles. The quantitative estimate of drug-likeness (QED) is 0.621. The van der Waals surface area contributed by atoms with Crippen LogP contribution in [0, 0.1) is 6.58 Å². The standard InChI is InChI=1S/C13H15F2/c1-2-13(14,15)11-7-6-10-12-8-4-3-5-9-12/h1-5,8-9H,6-7,10-11H2. The Bertz CT molecular complexity index is 291. The lowest BCUT2D eigenvalue weighted by Crippen LogP contribution is -2.10. The summed E-state index contributed by atoms with van der Waals surface area (Å²) in [5, 5.41) is 0. The molecule has 15 heavy (non-hydrogen) atoms. The summed E-state index contributed by atoms with van der Waals surface area (Å²) in [6.07, 6.45) is 2.44. The zero-order valence-corrected chi connectivity index (χ0v) is 8.63. The minimum Gasteiger partial charge on any atom is -0.202 e. The average Bonchev–Trinajstić information content (AvgIpc) is 2.26. The van der Waals surface area contributed by atoms with Gasteiger partial charge in [0.2, 0.25) is 0 Å². The van der Waals surface area contributed by atoms with Gasteiger partial charge in [0.05, 0.1) is 0 Å². The van der Waals surface area contributed by atoms with E-state index in [9.17, 15) is 8.78 Å². The first-order valence-electron chi connectivity index (χ1n) is 5.12. The molecule has 0 fully saturated rings. The lowest BCUT2D eigenvalue weighted by atomic mass is 10.1. The van der Waals surface area contributed by atoms with Gasteiger partial charge in [0.15, 0.2) is 0 Å². The largest absolute Gasteiger partial charge is 0.266 e. The molecule has 1 rings (SSSR count). The predicted octanol–water partition coefficient (Wildman–Crippen LogP) is 4.02. The highest BCUT2D eigenvalue weighted by molar-refractivity contribution is 5.14. The van der Waals surface area contributed by atoms with Crippen molar-refractivity contribution < 1.29 is 8.78 Å². The van der Waals surface area contributed by atoms with Crippen LogP contribution in [0.3, 0.4) is 0 Å². The van der Waals surface area contributed by atoms with Gasteiger partial charge < -0.3 is 0 Å². The first-order valence-corrected chi connectivity index (χ1v) is 5.12. The van der Waals surface area contributed by atoms with Gasteiger partial charge in [-0.25, -0.2) is 8.78 Å². The van der Waals surface area contributed by atoms with Gasteiger partial charge in [-0.05, 0) is 30.9 Å². The molecule has 0 atom stereocenters. The summed E-state index contributed by atoms with van der Waals surface area (Å²) < 4.78 is 25.4. The smallest absolute Gasteiger partial charge is 0.202 e. The summed E-state index contributed by atoms with van der Waals surface area (Å²) >= 11 is 0. The second-order valence-corrected chi connectivity index (χ2v) is 3.62. The SMILES string of the molecule is [CH]=CC(F)(F)CCCCc1ccccc1. The van der Waals surface area contributed by atoms with Gasteiger partial charge in [0.25, 0.3) is 5.92 Å². The molecule has 81 valence electrons. The van der Waals surface area contributed by atoms with E-state index < -0.39 is 5.92 Å². The second kappa shape index (κ2) is 5.64. The third kappa shape index (κ3) is 4.73. The van der Waals surface area contributed by atoms with Crippen LogP contribution in [0.4, 0.5) is 8.78 Å². The van der Waals surface area contributed by atoms with Crippen LogP contribution in [-0.2, 0) is 6.42 Å². The number of allylic oxidation sites excluding steroid dienone is 1. The molecule has 0 bridgehead atoms. The predicted molar refractivity (Wildman–Crippen MR) is 57.8 cm³/mol. The number of halogens is 2. The van der Waals surface area contributed by atoms with Crippen LogP contribution in [-0.4, -0.2) is 5.92 Å². The molecule has 1 radical (unpaired) electrons. The van der Waals surface area contributed by atoms with E-state index >= 15 is 0 Å². The van der Waals surface area contributed by atoms with Crippen LogP contribution in [0.15, 0.2) is 36.4 Å². The molecule has 0 N–H and O–H groups in total. The molecule has 0 spiro atoms. The molecule has 0 heterocycles. The van der Waals surface area contributed by atoms with Crippen molar-refractivity contribution in [2.24, 2.45) is 0 Å². The molecule has 0 amide bonds. The zero-order valence-electron chi connectivity index (χ0n) is 8.63. The van der Waals surface area contributed by atoms with Crippen LogP contribution in [0.2, 0.25) is 0 Å². The fraction of sp³-hybridized carbons (Fsp3) is 0.385. The van der Waals surface area contributed by atoms with Crippen molar-refractivity contribution in [3.05, 3.63) is 48.6 Å². The third-order valence-corrected chi connectivity index (χ3v) is 2.31. The Labute approximate surface area is 89.6 Å². The van der Waals surface area contributed by atoms with E-state index in [0.717, 1.165) is 12.8 Å². The molecule has 2 heteroatoms. The highest BCUT2D eigenvalue weighted by Crippen LogP contribution is 2.22. The molecular formula is C13H15F2. The van der Waals surface area contributed by atoms with Crippen molar-refractivity contribution in [3.63, 3.8) is 0 Å². The minimum atomic E-state index is -2.81. The number of unbranched alkanes of at least 4 members (excludes halogenated alkanes) is 1. The van der Waals surface area contributed by atoms with E-state index in [0.29, 0.717) is 12.5 Å². The molecule has 1 aromatic rings. The number of benzene rings is 1. The molecule has 0 unspecified atom stereocenters. The van der Waals surface area contributed by atoms with E-state index in [-0.39, 0.29) is 6.42 Å². The van der Waals surface area contributed by atoms with Crippen molar-refractivity contribution in [2.45, 2.75) is 31.6 Å². The molecule has 0 saturated carbocycles. The van der Waals surface area contributed by atoms with Crippen molar-refractivity contribution in [2.75, 3.05) is 0 Å². The van der Waals surface area contributed by atoms with E-state index in [4.69, 9.17) is 6.58 Å². The summed E-state index contributed by atoms with van der Waals surface area (Å²) in [5.41, 5.74) is 1.19. The number of alkyl halides is 2. The Morgan fingerprint density at radius 1 is 1.13 bits per heavy atom. The van der Waals surface area contributed by atoms with Crippen LogP contribution in [0.5, 0.6) is 0 Å². The van der Waals surface area contributed by atoms with Gasteiger partial charge in [0.1, 0.15) is 0 Å². The van der Waals surface area contributed by atoms with E-state index in [1.54, 1.807) is 0 Å². The number of rotatable bonds is 6. The van der Waals surface area contributed by atoms with Crippen LogP contribution < -0.4 is 0 Å². The van der Waals surface area contributed by atoms with Crippen LogP contribution in [0.25, 0.3) is 0 Å². The maximum Gasteiger partial charge on any atom is 0.266 e. The van der Waals surface area contributed by atoms with Crippen LogP contribution in [0.1, 0.15) is 24.8 Å². The molecule has 0 aliphatic carbocycles. The topological polar surface area (TPSA) is 0 Å². The second-order valence-electron chi connectivity index (χ2n) is 3.62. The van der Waals surface area contributed by atoms with Gasteiger partial charge in [-0.3, -0.25) is 0 Å². The van der Waals surface area contributed by atoms with Gasteiger partial charge in [-0.1, -0.05) is 36.9 Å². The first kappa shape index (κ1) is 11.9. The normalized spacial score (nSPS) is 11.3. The van der Waals surface area contributed by atoms with Gasteiger partial charge in [0, 0.05) is 6.42 Å². The van der Waals surface area contributed by atoms with E-state index in [1.807, 2.05) is 30.3 Å². The molecule has 0 aliphatic heterocycles. The summed E-state index contributed by atoms with van der Waals surface area (Å²) in [6.45, 7) is 4.82. The van der Waals surface area contributed by atoms with Crippen molar-refractivity contribution >= 4 is 0 Å². The molecule has 0 aliphatic rings. The summed E-state index contributed by atoms with van der Waals surface area (Å²) in [4.78, 5) is 0. The third-order valence-electron chi connectivity index (χ3n) is 2.31. The Kier molecular flexibility index (Phi) is 4.47. The maximum atomic E-state index is 12.7. The van der Waals surface area contributed by atoms with Gasteiger partial charge in [-0.2, -0.15) is 0 Å². The highest BCUT2D eigenvalue weighted by Gasteiger charge is 2.22. The van der Waals surface area contributed by atoms with E-state index in [2.05, 4.69) is 0 Å². The number of hydrogen-bond acceptors (Lipinski definition) is 0. The molecule has 0 aromatic heterocycles. The Balaban J connectivity index is 2.20. The lowest BCUT2D eigenvalue weighted by molar-refractivity contribution is 0.0430. The van der Waals surface area contributed by atoms with E-state index in [1.165, 1.54) is 5.56 Å². The Morgan fingerprint density at radius 3 is 2.40 bits per heavy atom. The minimum absolute atomic E-state index is 0.156. The number of aryl methyl sites for hydroxylation is 1. The summed E-state index contributed by atoms with van der Waals surface area (Å²) in [6, 6.07) is 9.87. The molecular weight excluding hydrogens is 194 g/mol. The summed E-state index contributed by atoms with van der Waals surface area (Å²) in [7, 11) is 0. The monoisotopic (exact) mass is 209 g/mol. The molecule has 1 aromatic carbocycles. The number of hydrogen-bond donors (Lipinski definition) is 0. The summed E-state index contributed by atoms with van der Waals surface area (Å²) in [5.74, 6) is -2.81. The Morgan fingerprint density at radius 2 is 1.80 bits per heavy atom. The first-order chi connectivity index (χ1) is 7.14. The molecule has 0 nitrogen and oxygen atoms in total. The lowest BCUT2D eigenvalue weighted by Gasteiger charge is -2.10. The maximum absolute atomic E-state index is 12.7. The van der Waals surface area contributed by atoms with Crippen molar-refractivity contribution in [3.8, 4) is 0 Å². The van der Waals surface area contributed by atoms with Crippen LogP contribution >= 0.6 is 0 Å². The Hall–Kier alpha value is -1.18. The fourth-order valence-electron chi connectivity index (χ4n) is 1.42. The van der Waals surface area contributed by atoms with Gasteiger partial charge >= 0.3 is 0 Å². The van der Waals surface area contributed by atoms with Crippen molar-refractivity contribution in [1.82, 2.24) is 0 Å². The highest BCUT2D eigenvalue weighted by atomic mass is 19.3. The van der Waals surface area contributed by atoms with Crippen molar-refractivity contribution in [1.29, 1.82) is 0 Å². The fourth-order valence-corrected chi connectivity index (χ4v) is 1.42. The van der Waals surface area contributed by atoms with Gasteiger partial charge in [-0.15, -0.1) is 0 Å².